The van der Waals surface area contributed by atoms with Crippen LogP contribution in [0.5, 0.6) is 5.75 Å². The van der Waals surface area contributed by atoms with Crippen molar-refractivity contribution in [1.82, 2.24) is 19.9 Å². The third-order valence-corrected chi connectivity index (χ3v) is 4.34. The van der Waals surface area contributed by atoms with Gasteiger partial charge in [-0.15, -0.1) is 0 Å². The van der Waals surface area contributed by atoms with Gasteiger partial charge in [-0.25, -0.2) is 9.97 Å². The van der Waals surface area contributed by atoms with Gasteiger partial charge in [-0.1, -0.05) is 12.1 Å². The minimum absolute atomic E-state index is 0.141. The highest BCUT2D eigenvalue weighted by Crippen LogP contribution is 2.30. The number of rotatable bonds is 7. The summed E-state index contributed by atoms with van der Waals surface area (Å²) in [5, 5.41) is 2.96. The Morgan fingerprint density at radius 1 is 1.23 bits per heavy atom. The van der Waals surface area contributed by atoms with Crippen LogP contribution in [0.1, 0.15) is 28.8 Å². The van der Waals surface area contributed by atoms with Crippen molar-refractivity contribution in [2.45, 2.75) is 19.4 Å². The van der Waals surface area contributed by atoms with Crippen molar-refractivity contribution >= 4 is 5.91 Å². The zero-order valence-corrected chi connectivity index (χ0v) is 14.3. The fourth-order valence-corrected chi connectivity index (χ4v) is 2.66. The minimum atomic E-state index is -0.141. The summed E-state index contributed by atoms with van der Waals surface area (Å²) in [7, 11) is 0. The summed E-state index contributed by atoms with van der Waals surface area (Å²) in [6.07, 6.45) is 9.39. The Kier molecular flexibility index (Phi) is 4.64. The van der Waals surface area contributed by atoms with Crippen molar-refractivity contribution in [3.63, 3.8) is 0 Å². The molecule has 1 amide bonds. The molecule has 1 aliphatic carbocycles. The lowest BCUT2D eigenvalue weighted by Gasteiger charge is -2.12. The lowest BCUT2D eigenvalue weighted by molar-refractivity contribution is 0.0946. The number of amides is 1. The van der Waals surface area contributed by atoms with Crippen molar-refractivity contribution < 1.29 is 9.53 Å². The molecule has 0 unspecified atom stereocenters. The molecular weight excluding hydrogens is 328 g/mol. The maximum absolute atomic E-state index is 12.6. The highest BCUT2D eigenvalue weighted by Gasteiger charge is 2.23. The molecule has 132 valence electrons. The number of benzene rings is 1. The third kappa shape index (κ3) is 3.91. The third-order valence-electron chi connectivity index (χ3n) is 4.34. The second kappa shape index (κ2) is 7.39. The highest BCUT2D eigenvalue weighted by atomic mass is 16.5. The Labute approximate surface area is 151 Å². The average Bonchev–Trinajstić information content (AvgIpc) is 3.35. The topological polar surface area (TPSA) is 69.0 Å². The van der Waals surface area contributed by atoms with Crippen LogP contribution in [0.25, 0.3) is 5.82 Å². The predicted molar refractivity (Wildman–Crippen MR) is 97.2 cm³/mol. The number of para-hydroxylation sites is 1. The first-order chi connectivity index (χ1) is 12.8. The smallest absolute Gasteiger partial charge is 0.255 e. The van der Waals surface area contributed by atoms with E-state index in [-0.39, 0.29) is 5.91 Å². The Bertz CT molecular complexity index is 888. The molecule has 1 fully saturated rings. The van der Waals surface area contributed by atoms with Crippen LogP contribution in [0.2, 0.25) is 0 Å². The molecule has 0 atom stereocenters. The number of imidazole rings is 1. The van der Waals surface area contributed by atoms with Gasteiger partial charge in [0.1, 0.15) is 17.9 Å². The number of hydrogen-bond acceptors (Lipinski definition) is 4. The Balaban J connectivity index is 1.42. The molecule has 26 heavy (non-hydrogen) atoms. The van der Waals surface area contributed by atoms with Crippen LogP contribution in [0.3, 0.4) is 0 Å². The van der Waals surface area contributed by atoms with E-state index in [1.807, 2.05) is 41.1 Å². The summed E-state index contributed by atoms with van der Waals surface area (Å²) in [5.74, 6) is 1.91. The first-order valence-corrected chi connectivity index (χ1v) is 8.73. The summed E-state index contributed by atoms with van der Waals surface area (Å²) in [5.41, 5.74) is 1.53. The van der Waals surface area contributed by atoms with Crippen LogP contribution < -0.4 is 10.1 Å². The van der Waals surface area contributed by atoms with E-state index < -0.39 is 0 Å². The lowest BCUT2D eigenvalue weighted by atomic mass is 10.1. The van der Waals surface area contributed by atoms with E-state index in [2.05, 4.69) is 15.3 Å². The summed E-state index contributed by atoms with van der Waals surface area (Å²) < 4.78 is 7.65. The molecule has 6 heteroatoms. The predicted octanol–water partition coefficient (Wildman–Crippen LogP) is 2.99. The van der Waals surface area contributed by atoms with E-state index in [1.165, 1.54) is 12.8 Å². The van der Waals surface area contributed by atoms with Crippen molar-refractivity contribution in [3.8, 4) is 11.6 Å². The molecule has 0 radical (unpaired) electrons. The molecule has 2 heterocycles. The van der Waals surface area contributed by atoms with Crippen LogP contribution >= 0.6 is 0 Å². The monoisotopic (exact) mass is 348 g/mol. The van der Waals surface area contributed by atoms with Gasteiger partial charge >= 0.3 is 0 Å². The quantitative estimate of drug-likeness (QED) is 0.713. The largest absolute Gasteiger partial charge is 0.492 e. The van der Waals surface area contributed by atoms with Gasteiger partial charge in [0, 0.05) is 25.1 Å². The molecule has 0 bridgehead atoms. The number of carbonyl (C=O) groups is 1. The molecule has 0 aliphatic heterocycles. The summed E-state index contributed by atoms with van der Waals surface area (Å²) in [6, 6.07) is 11.2. The fourth-order valence-electron chi connectivity index (χ4n) is 2.66. The maximum atomic E-state index is 12.6. The van der Waals surface area contributed by atoms with E-state index in [4.69, 9.17) is 4.74 Å². The molecule has 4 rings (SSSR count). The van der Waals surface area contributed by atoms with E-state index in [1.54, 1.807) is 24.8 Å². The zero-order chi connectivity index (χ0) is 17.8. The number of nitrogens with one attached hydrogen (secondary N) is 1. The van der Waals surface area contributed by atoms with Crippen LogP contribution in [0.15, 0.2) is 61.3 Å². The van der Waals surface area contributed by atoms with Crippen molar-refractivity contribution in [2.75, 3.05) is 6.61 Å². The van der Waals surface area contributed by atoms with Crippen molar-refractivity contribution in [3.05, 3.63) is 72.4 Å². The normalized spacial score (nSPS) is 13.4. The van der Waals surface area contributed by atoms with E-state index in [9.17, 15) is 4.79 Å². The number of hydrogen-bond donors (Lipinski definition) is 1. The summed E-state index contributed by atoms with van der Waals surface area (Å²) in [6.45, 7) is 1.10. The molecule has 1 aliphatic rings. The van der Waals surface area contributed by atoms with Gasteiger partial charge in [0.05, 0.1) is 12.2 Å². The highest BCUT2D eigenvalue weighted by molar-refractivity contribution is 5.96. The minimum Gasteiger partial charge on any atom is -0.492 e. The van der Waals surface area contributed by atoms with E-state index in [0.717, 1.165) is 11.4 Å². The van der Waals surface area contributed by atoms with E-state index in [0.29, 0.717) is 30.4 Å². The fraction of sp³-hybridized carbons (Fsp3) is 0.250. The van der Waals surface area contributed by atoms with Crippen LogP contribution in [-0.2, 0) is 6.54 Å². The second-order valence-corrected chi connectivity index (χ2v) is 6.43. The first kappa shape index (κ1) is 16.3. The molecule has 2 aromatic heterocycles. The van der Waals surface area contributed by atoms with Crippen LogP contribution in [0.4, 0.5) is 0 Å². The molecule has 0 spiro atoms. The molecular formula is C20H20N4O2. The van der Waals surface area contributed by atoms with Crippen molar-refractivity contribution in [1.29, 1.82) is 0 Å². The Morgan fingerprint density at radius 3 is 2.92 bits per heavy atom. The maximum Gasteiger partial charge on any atom is 0.255 e. The number of ether oxygens (including phenoxy) is 1. The van der Waals surface area contributed by atoms with E-state index >= 15 is 0 Å². The van der Waals surface area contributed by atoms with Crippen LogP contribution in [0, 0.1) is 5.92 Å². The second-order valence-electron chi connectivity index (χ2n) is 6.43. The van der Waals surface area contributed by atoms with Gasteiger partial charge in [-0.3, -0.25) is 9.36 Å². The molecule has 1 N–H and O–H groups in total. The summed E-state index contributed by atoms with van der Waals surface area (Å²) in [4.78, 5) is 20.9. The van der Waals surface area contributed by atoms with Gasteiger partial charge in [-0.05, 0) is 48.6 Å². The number of nitrogens with zero attached hydrogens (tertiary/aromatic N) is 3. The SMILES string of the molecule is O=C(NCc1ccnc(-n2ccnc2)c1)c1ccccc1OCC1CC1. The first-order valence-electron chi connectivity index (χ1n) is 8.73. The van der Waals surface area contributed by atoms with Gasteiger partial charge in [0.25, 0.3) is 5.91 Å². The average molecular weight is 348 g/mol. The molecule has 0 saturated heterocycles. The van der Waals surface area contributed by atoms with Crippen molar-refractivity contribution in [2.24, 2.45) is 5.92 Å². The van der Waals surface area contributed by atoms with Gasteiger partial charge in [0.15, 0.2) is 0 Å². The number of pyridine rings is 1. The molecule has 1 saturated carbocycles. The Hall–Kier alpha value is -3.15. The molecule has 1 aromatic carbocycles. The lowest BCUT2D eigenvalue weighted by Crippen LogP contribution is -2.23. The zero-order valence-electron chi connectivity index (χ0n) is 14.3. The van der Waals surface area contributed by atoms with Gasteiger partial charge < -0.3 is 10.1 Å². The Morgan fingerprint density at radius 2 is 2.12 bits per heavy atom. The van der Waals surface area contributed by atoms with Gasteiger partial charge in [0.2, 0.25) is 0 Å². The van der Waals surface area contributed by atoms with Crippen LogP contribution in [-0.4, -0.2) is 27.0 Å². The summed E-state index contributed by atoms with van der Waals surface area (Å²) >= 11 is 0. The standard InChI is InChI=1S/C20H20N4O2/c25-20(17-3-1-2-4-18(17)26-13-15-5-6-15)23-12-16-7-8-22-19(11-16)24-10-9-21-14-24/h1-4,7-11,14-15H,5-6,12-13H2,(H,23,25). The molecule has 6 nitrogen and oxygen atoms in total. The van der Waals surface area contributed by atoms with Gasteiger partial charge in [-0.2, -0.15) is 0 Å². The number of carbonyl (C=O) groups excluding carboxylic acids is 1. The molecule has 3 aromatic rings. The number of aromatic nitrogens is 3.